The second-order valence-corrected chi connectivity index (χ2v) is 9.50. The van der Waals surface area contributed by atoms with Gasteiger partial charge in [-0.2, -0.15) is 4.31 Å². The maximum Gasteiger partial charge on any atom is 0.251 e. The van der Waals surface area contributed by atoms with Crippen molar-refractivity contribution in [1.82, 2.24) is 9.62 Å². The van der Waals surface area contributed by atoms with Crippen LogP contribution in [0.15, 0.2) is 65.6 Å². The highest BCUT2D eigenvalue weighted by Gasteiger charge is 2.30. The molecule has 0 radical (unpaired) electrons. The molecule has 8 heteroatoms. The van der Waals surface area contributed by atoms with Crippen LogP contribution in [0.4, 0.5) is 0 Å². The van der Waals surface area contributed by atoms with Crippen LogP contribution in [0.5, 0.6) is 11.5 Å². The third-order valence-electron chi connectivity index (χ3n) is 5.49. The van der Waals surface area contributed by atoms with Crippen molar-refractivity contribution in [2.45, 2.75) is 17.7 Å². The number of hydrogen-bond acceptors (Lipinski definition) is 5. The molecule has 0 atom stereocenters. The quantitative estimate of drug-likeness (QED) is 0.527. The van der Waals surface area contributed by atoms with Gasteiger partial charge in [-0.15, -0.1) is 0 Å². The number of carbonyl (C=O) groups is 1. The minimum Gasteiger partial charge on any atom is -0.495 e. The molecule has 3 aromatic rings. The van der Waals surface area contributed by atoms with Gasteiger partial charge in [-0.1, -0.05) is 30.3 Å². The second-order valence-electron chi connectivity index (χ2n) is 7.59. The zero-order chi connectivity index (χ0) is 22.6. The number of ether oxygens (including phenoxy) is 2. The predicted molar refractivity (Wildman–Crippen MR) is 123 cm³/mol. The highest BCUT2D eigenvalue weighted by molar-refractivity contribution is 7.89. The predicted octanol–water partition coefficient (Wildman–Crippen LogP) is 3.44. The lowest BCUT2D eigenvalue weighted by molar-refractivity contribution is 0.0946. The summed E-state index contributed by atoms with van der Waals surface area (Å²) in [5.74, 6) is 0.585. The van der Waals surface area contributed by atoms with E-state index in [1.165, 1.54) is 23.5 Å². The highest BCUT2D eigenvalue weighted by Crippen LogP contribution is 2.30. The molecule has 0 spiro atoms. The molecular formula is C24H26N2O5S. The summed E-state index contributed by atoms with van der Waals surface area (Å²) in [5, 5.41) is 4.99. The Labute approximate surface area is 188 Å². The van der Waals surface area contributed by atoms with E-state index in [9.17, 15) is 13.2 Å². The van der Waals surface area contributed by atoms with E-state index < -0.39 is 10.0 Å². The SMILES string of the molecule is COc1ccc(C(=O)NCCOc2ccc3ccccc3c2)cc1S(=O)(=O)N1CCCC1. The first kappa shape index (κ1) is 22.1. The Hall–Kier alpha value is -3.10. The molecule has 0 saturated carbocycles. The van der Waals surface area contributed by atoms with Crippen LogP contribution in [0.1, 0.15) is 23.2 Å². The molecule has 0 aromatic heterocycles. The average molecular weight is 455 g/mol. The van der Waals surface area contributed by atoms with E-state index in [2.05, 4.69) is 5.32 Å². The van der Waals surface area contributed by atoms with Gasteiger partial charge in [-0.25, -0.2) is 8.42 Å². The van der Waals surface area contributed by atoms with Gasteiger partial charge in [0, 0.05) is 18.7 Å². The Morgan fingerprint density at radius 3 is 2.50 bits per heavy atom. The molecule has 0 unspecified atom stereocenters. The van der Waals surface area contributed by atoms with Crippen molar-refractivity contribution in [3.63, 3.8) is 0 Å². The number of rotatable bonds is 8. The Morgan fingerprint density at radius 1 is 1.00 bits per heavy atom. The molecule has 0 bridgehead atoms. The number of methoxy groups -OCH3 is 1. The van der Waals surface area contributed by atoms with E-state index >= 15 is 0 Å². The zero-order valence-electron chi connectivity index (χ0n) is 17.9. The molecule has 1 aliphatic heterocycles. The lowest BCUT2D eigenvalue weighted by atomic mass is 10.1. The fourth-order valence-corrected chi connectivity index (χ4v) is 5.48. The van der Waals surface area contributed by atoms with Gasteiger partial charge >= 0.3 is 0 Å². The third-order valence-corrected chi connectivity index (χ3v) is 7.41. The van der Waals surface area contributed by atoms with Crippen LogP contribution in [0.2, 0.25) is 0 Å². The molecule has 4 rings (SSSR count). The van der Waals surface area contributed by atoms with Crippen LogP contribution in [0.25, 0.3) is 10.8 Å². The Balaban J connectivity index is 1.39. The molecule has 1 saturated heterocycles. The normalized spacial score (nSPS) is 14.4. The van der Waals surface area contributed by atoms with Crippen molar-refractivity contribution in [3.8, 4) is 11.5 Å². The summed E-state index contributed by atoms with van der Waals surface area (Å²) in [5.41, 5.74) is 0.259. The molecule has 7 nitrogen and oxygen atoms in total. The monoisotopic (exact) mass is 454 g/mol. The van der Waals surface area contributed by atoms with Crippen LogP contribution in [-0.4, -0.2) is 52.0 Å². The molecule has 1 amide bonds. The van der Waals surface area contributed by atoms with Gasteiger partial charge in [-0.05, 0) is 53.9 Å². The second kappa shape index (κ2) is 9.58. The number of sulfonamides is 1. The van der Waals surface area contributed by atoms with Gasteiger partial charge in [0.25, 0.3) is 5.91 Å². The Bertz CT molecular complexity index is 1220. The van der Waals surface area contributed by atoms with Crippen LogP contribution in [0, 0.1) is 0 Å². The molecule has 1 fully saturated rings. The smallest absolute Gasteiger partial charge is 0.251 e. The van der Waals surface area contributed by atoms with E-state index in [0.29, 0.717) is 19.7 Å². The van der Waals surface area contributed by atoms with E-state index in [0.717, 1.165) is 29.4 Å². The van der Waals surface area contributed by atoms with E-state index in [-0.39, 0.29) is 28.7 Å². The maximum atomic E-state index is 13.0. The molecule has 32 heavy (non-hydrogen) atoms. The van der Waals surface area contributed by atoms with Crippen molar-refractivity contribution in [3.05, 3.63) is 66.2 Å². The molecule has 3 aromatic carbocycles. The van der Waals surface area contributed by atoms with Gasteiger partial charge in [0.2, 0.25) is 10.0 Å². The van der Waals surface area contributed by atoms with Gasteiger partial charge in [0.05, 0.1) is 13.7 Å². The summed E-state index contributed by atoms with van der Waals surface area (Å²) in [4.78, 5) is 12.6. The lowest BCUT2D eigenvalue weighted by Crippen LogP contribution is -2.30. The standard InChI is InChI=1S/C24H26N2O5S/c1-30-22-11-9-20(17-23(22)32(28,29)26-13-4-5-14-26)24(27)25-12-15-31-21-10-8-18-6-2-3-7-19(18)16-21/h2-3,6-11,16-17H,4-5,12-15H2,1H3,(H,25,27). The van der Waals surface area contributed by atoms with Crippen molar-refractivity contribution in [2.75, 3.05) is 33.4 Å². The van der Waals surface area contributed by atoms with Crippen LogP contribution >= 0.6 is 0 Å². The molecule has 1 aliphatic rings. The Morgan fingerprint density at radius 2 is 1.75 bits per heavy atom. The largest absolute Gasteiger partial charge is 0.495 e. The topological polar surface area (TPSA) is 84.9 Å². The molecule has 1 heterocycles. The van der Waals surface area contributed by atoms with Crippen LogP contribution in [-0.2, 0) is 10.0 Å². The summed E-state index contributed by atoms with van der Waals surface area (Å²) in [6.07, 6.45) is 1.66. The highest BCUT2D eigenvalue weighted by atomic mass is 32.2. The minimum atomic E-state index is -3.71. The number of benzene rings is 3. The fourth-order valence-electron chi connectivity index (χ4n) is 3.78. The van der Waals surface area contributed by atoms with Gasteiger partial charge in [-0.3, -0.25) is 4.79 Å². The van der Waals surface area contributed by atoms with E-state index in [1.54, 1.807) is 6.07 Å². The van der Waals surface area contributed by atoms with E-state index in [4.69, 9.17) is 9.47 Å². The van der Waals surface area contributed by atoms with Crippen LogP contribution in [0.3, 0.4) is 0 Å². The average Bonchev–Trinajstić information content (AvgIpc) is 3.37. The lowest BCUT2D eigenvalue weighted by Gasteiger charge is -2.18. The summed E-state index contributed by atoms with van der Waals surface area (Å²) >= 11 is 0. The number of amides is 1. The number of hydrogen-bond donors (Lipinski definition) is 1. The van der Waals surface area contributed by atoms with Gasteiger partial charge in [0.1, 0.15) is 23.0 Å². The van der Waals surface area contributed by atoms with Gasteiger partial charge in [0.15, 0.2) is 0 Å². The first-order chi connectivity index (χ1) is 15.5. The summed E-state index contributed by atoms with van der Waals surface area (Å²) in [7, 11) is -2.29. The van der Waals surface area contributed by atoms with Crippen molar-refractivity contribution < 1.29 is 22.7 Å². The summed E-state index contributed by atoms with van der Waals surface area (Å²) < 4.78 is 38.4. The number of nitrogens with zero attached hydrogens (tertiary/aromatic N) is 1. The molecule has 168 valence electrons. The molecular weight excluding hydrogens is 428 g/mol. The molecule has 0 aliphatic carbocycles. The van der Waals surface area contributed by atoms with Crippen molar-refractivity contribution >= 4 is 26.7 Å². The van der Waals surface area contributed by atoms with Gasteiger partial charge < -0.3 is 14.8 Å². The van der Waals surface area contributed by atoms with E-state index in [1.807, 2.05) is 42.5 Å². The number of fused-ring (bicyclic) bond motifs is 1. The summed E-state index contributed by atoms with van der Waals surface area (Å²) in [6, 6.07) is 18.3. The first-order valence-corrected chi connectivity index (χ1v) is 12.0. The summed E-state index contributed by atoms with van der Waals surface area (Å²) in [6.45, 7) is 1.53. The van der Waals surface area contributed by atoms with Crippen molar-refractivity contribution in [1.29, 1.82) is 0 Å². The first-order valence-electron chi connectivity index (χ1n) is 10.6. The number of nitrogens with one attached hydrogen (secondary N) is 1. The molecule has 1 N–H and O–H groups in total. The fraction of sp³-hybridized carbons (Fsp3) is 0.292. The zero-order valence-corrected chi connectivity index (χ0v) is 18.7. The van der Waals surface area contributed by atoms with Crippen LogP contribution < -0.4 is 14.8 Å². The number of carbonyl (C=O) groups excluding carboxylic acids is 1. The Kier molecular flexibility index (Phi) is 6.62. The maximum absolute atomic E-state index is 13.0. The van der Waals surface area contributed by atoms with Crippen molar-refractivity contribution in [2.24, 2.45) is 0 Å². The minimum absolute atomic E-state index is 0.0157. The third kappa shape index (κ3) is 4.71.